The highest BCUT2D eigenvalue weighted by Gasteiger charge is 1.86. The average Bonchev–Trinajstić information content (AvgIpc) is 2.20. The molecule has 0 fully saturated rings. The minimum Gasteiger partial charge on any atom is -0.458 e. The van der Waals surface area contributed by atoms with Crippen LogP contribution in [0.15, 0.2) is 21.8 Å². The Hall–Kier alpha value is -0.370. The standard InChI is InChI=1S/C5H6OS.C2H6/c1-4-2-5(7)6-3-4;1-2/h2-3,7H,1H3;1-2H3. The van der Waals surface area contributed by atoms with Crippen molar-refractivity contribution in [3.8, 4) is 0 Å². The first-order valence-corrected chi connectivity index (χ1v) is 3.48. The average molecular weight is 144 g/mol. The molecule has 52 valence electrons. The summed E-state index contributed by atoms with van der Waals surface area (Å²) in [4.78, 5) is 0. The van der Waals surface area contributed by atoms with Gasteiger partial charge in [-0.1, -0.05) is 13.8 Å². The lowest BCUT2D eigenvalue weighted by atomic mass is 10.4. The van der Waals surface area contributed by atoms with Crippen LogP contribution >= 0.6 is 12.6 Å². The summed E-state index contributed by atoms with van der Waals surface area (Å²) in [5.74, 6) is 0. The van der Waals surface area contributed by atoms with Crippen molar-refractivity contribution in [1.29, 1.82) is 0 Å². The molecule has 0 aliphatic heterocycles. The van der Waals surface area contributed by atoms with E-state index in [1.165, 1.54) is 0 Å². The van der Waals surface area contributed by atoms with Crippen molar-refractivity contribution >= 4 is 12.6 Å². The van der Waals surface area contributed by atoms with Crippen LogP contribution in [0.4, 0.5) is 0 Å². The Kier molecular flexibility index (Phi) is 4.32. The van der Waals surface area contributed by atoms with E-state index < -0.39 is 0 Å². The van der Waals surface area contributed by atoms with Crippen molar-refractivity contribution in [1.82, 2.24) is 0 Å². The Morgan fingerprint density at radius 1 is 1.44 bits per heavy atom. The molecule has 1 heterocycles. The summed E-state index contributed by atoms with van der Waals surface area (Å²) >= 11 is 3.94. The smallest absolute Gasteiger partial charge is 0.157 e. The molecule has 1 rings (SSSR count). The topological polar surface area (TPSA) is 13.1 Å². The second kappa shape index (κ2) is 4.50. The Balaban J connectivity index is 0.000000291. The van der Waals surface area contributed by atoms with Gasteiger partial charge in [0.1, 0.15) is 0 Å². The first kappa shape index (κ1) is 8.63. The lowest BCUT2D eigenvalue weighted by molar-refractivity contribution is 0.475. The van der Waals surface area contributed by atoms with Gasteiger partial charge in [-0.25, -0.2) is 0 Å². The second-order valence-corrected chi connectivity index (χ2v) is 1.90. The van der Waals surface area contributed by atoms with Crippen LogP contribution in [0.1, 0.15) is 19.4 Å². The predicted molar refractivity (Wildman–Crippen MR) is 42.0 cm³/mol. The Morgan fingerprint density at radius 3 is 2.11 bits per heavy atom. The van der Waals surface area contributed by atoms with Crippen LogP contribution < -0.4 is 0 Å². The van der Waals surface area contributed by atoms with Crippen LogP contribution in [0.3, 0.4) is 0 Å². The molecule has 0 amide bonds. The van der Waals surface area contributed by atoms with Gasteiger partial charge in [0.15, 0.2) is 5.09 Å². The van der Waals surface area contributed by atoms with Gasteiger partial charge < -0.3 is 4.42 Å². The normalized spacial score (nSPS) is 8.00. The Labute approximate surface area is 61.5 Å². The molecule has 1 nitrogen and oxygen atoms in total. The molecule has 0 aliphatic carbocycles. The summed E-state index contributed by atoms with van der Waals surface area (Å²) in [6, 6.07) is 1.86. The molecule has 9 heavy (non-hydrogen) atoms. The predicted octanol–water partition coefficient (Wildman–Crippen LogP) is 2.90. The quantitative estimate of drug-likeness (QED) is 0.552. The zero-order valence-corrected chi connectivity index (χ0v) is 6.90. The van der Waals surface area contributed by atoms with Crippen molar-refractivity contribution in [2.75, 3.05) is 0 Å². The number of thiol groups is 1. The molecule has 1 aromatic heterocycles. The van der Waals surface area contributed by atoms with Gasteiger partial charge in [-0.2, -0.15) is 0 Å². The fourth-order valence-corrected chi connectivity index (χ4v) is 0.672. The van der Waals surface area contributed by atoms with Gasteiger partial charge in [0.25, 0.3) is 0 Å². The summed E-state index contributed by atoms with van der Waals surface area (Å²) in [5, 5.41) is 0.678. The summed E-state index contributed by atoms with van der Waals surface area (Å²) in [6.07, 6.45) is 1.67. The molecule has 0 spiro atoms. The summed E-state index contributed by atoms with van der Waals surface area (Å²) in [6.45, 7) is 5.96. The first-order valence-electron chi connectivity index (χ1n) is 3.03. The molecule has 0 bridgehead atoms. The van der Waals surface area contributed by atoms with E-state index in [9.17, 15) is 0 Å². The molecule has 0 unspecified atom stereocenters. The molecule has 0 saturated heterocycles. The Bertz CT molecular complexity index is 141. The summed E-state index contributed by atoms with van der Waals surface area (Å²) in [7, 11) is 0. The van der Waals surface area contributed by atoms with Gasteiger partial charge in [0.05, 0.1) is 6.26 Å². The highest BCUT2D eigenvalue weighted by Crippen LogP contribution is 2.08. The molecule has 2 heteroatoms. The fourth-order valence-electron chi connectivity index (χ4n) is 0.416. The SMILES string of the molecule is CC.Cc1coc(S)c1. The molecule has 0 radical (unpaired) electrons. The first-order chi connectivity index (χ1) is 4.29. The summed E-state index contributed by atoms with van der Waals surface area (Å²) < 4.78 is 4.83. The number of hydrogen-bond donors (Lipinski definition) is 1. The van der Waals surface area contributed by atoms with E-state index in [2.05, 4.69) is 12.6 Å². The van der Waals surface area contributed by atoms with E-state index >= 15 is 0 Å². The maximum Gasteiger partial charge on any atom is 0.157 e. The van der Waals surface area contributed by atoms with Crippen LogP contribution in [0.5, 0.6) is 0 Å². The zero-order valence-electron chi connectivity index (χ0n) is 6.01. The van der Waals surface area contributed by atoms with E-state index in [-0.39, 0.29) is 0 Å². The van der Waals surface area contributed by atoms with E-state index in [1.54, 1.807) is 6.26 Å². The molecule has 1 aromatic rings. The number of rotatable bonds is 0. The monoisotopic (exact) mass is 144 g/mol. The van der Waals surface area contributed by atoms with Crippen LogP contribution in [0, 0.1) is 6.92 Å². The fraction of sp³-hybridized carbons (Fsp3) is 0.429. The Morgan fingerprint density at radius 2 is 2.00 bits per heavy atom. The largest absolute Gasteiger partial charge is 0.458 e. The van der Waals surface area contributed by atoms with Gasteiger partial charge in [0.2, 0.25) is 0 Å². The second-order valence-electron chi connectivity index (χ2n) is 1.46. The molecule has 0 N–H and O–H groups in total. The van der Waals surface area contributed by atoms with Gasteiger partial charge >= 0.3 is 0 Å². The van der Waals surface area contributed by atoms with Crippen LogP contribution in [0.2, 0.25) is 0 Å². The minimum atomic E-state index is 0.678. The van der Waals surface area contributed by atoms with E-state index in [1.807, 2.05) is 26.8 Å². The number of aryl methyl sites for hydroxylation is 1. The van der Waals surface area contributed by atoms with Gasteiger partial charge in [-0.05, 0) is 18.6 Å². The lowest BCUT2D eigenvalue weighted by Gasteiger charge is -1.68. The third kappa shape index (κ3) is 3.25. The highest BCUT2D eigenvalue weighted by molar-refractivity contribution is 7.80. The van der Waals surface area contributed by atoms with Crippen molar-refractivity contribution in [3.05, 3.63) is 17.9 Å². The molecule has 0 saturated carbocycles. The zero-order chi connectivity index (χ0) is 7.28. The van der Waals surface area contributed by atoms with E-state index in [0.29, 0.717) is 5.09 Å². The number of furan rings is 1. The van der Waals surface area contributed by atoms with Crippen molar-refractivity contribution in [2.24, 2.45) is 0 Å². The van der Waals surface area contributed by atoms with Gasteiger partial charge in [-0.3, -0.25) is 0 Å². The minimum absolute atomic E-state index is 0.678. The highest BCUT2D eigenvalue weighted by atomic mass is 32.1. The van der Waals surface area contributed by atoms with Crippen molar-refractivity contribution < 1.29 is 4.42 Å². The van der Waals surface area contributed by atoms with E-state index in [0.717, 1.165) is 5.56 Å². The number of hydrogen-bond acceptors (Lipinski definition) is 2. The third-order valence-electron chi connectivity index (χ3n) is 0.717. The summed E-state index contributed by atoms with van der Waals surface area (Å²) in [5.41, 5.74) is 1.12. The maximum absolute atomic E-state index is 4.83. The lowest BCUT2D eigenvalue weighted by Crippen LogP contribution is -1.50. The third-order valence-corrected chi connectivity index (χ3v) is 0.951. The molecule has 0 aliphatic rings. The van der Waals surface area contributed by atoms with Crippen molar-refractivity contribution in [3.63, 3.8) is 0 Å². The molecule has 0 aromatic carbocycles. The maximum atomic E-state index is 4.83. The van der Waals surface area contributed by atoms with Crippen molar-refractivity contribution in [2.45, 2.75) is 25.9 Å². The van der Waals surface area contributed by atoms with Crippen LogP contribution in [-0.4, -0.2) is 0 Å². The van der Waals surface area contributed by atoms with Gasteiger partial charge in [-0.15, -0.1) is 12.6 Å². The van der Waals surface area contributed by atoms with E-state index in [4.69, 9.17) is 4.42 Å². The molecular formula is C7H12OS. The van der Waals surface area contributed by atoms with Crippen LogP contribution in [-0.2, 0) is 0 Å². The van der Waals surface area contributed by atoms with Crippen LogP contribution in [0.25, 0.3) is 0 Å². The molecular weight excluding hydrogens is 132 g/mol. The molecule has 0 atom stereocenters. The van der Waals surface area contributed by atoms with Gasteiger partial charge in [0, 0.05) is 0 Å².